The molecule has 0 radical (unpaired) electrons. The first-order valence-corrected chi connectivity index (χ1v) is 11.8. The lowest BCUT2D eigenvalue weighted by Gasteiger charge is -2.12. The lowest BCUT2D eigenvalue weighted by Crippen LogP contribution is -2.28. The van der Waals surface area contributed by atoms with E-state index in [0.29, 0.717) is 5.75 Å². The van der Waals surface area contributed by atoms with Crippen molar-refractivity contribution in [2.24, 2.45) is 0 Å². The van der Waals surface area contributed by atoms with E-state index >= 15 is 0 Å². The van der Waals surface area contributed by atoms with Gasteiger partial charge in [-0.05, 0) is 42.0 Å². The van der Waals surface area contributed by atoms with Crippen LogP contribution in [0.4, 0.5) is 0 Å². The number of hydrogen-bond acceptors (Lipinski definition) is 6. The van der Waals surface area contributed by atoms with Crippen molar-refractivity contribution in [1.82, 2.24) is 13.9 Å². The van der Waals surface area contributed by atoms with Crippen LogP contribution in [0, 0.1) is 0 Å². The molecule has 0 aliphatic heterocycles. The molecule has 0 unspecified atom stereocenters. The van der Waals surface area contributed by atoms with Crippen molar-refractivity contribution in [2.45, 2.75) is 16.3 Å². The standard InChI is InChI=1S/C19H25N3O6S2/c1-21(2)29(24,25)17-9-5-15(6-10-17)13-20-19(23)14-28-16-7-11-18(12-8-16)30(26,27)22(3)4/h5-12H,13-14H2,1-4H3,(H,20,23). The molecule has 0 saturated heterocycles. The van der Waals surface area contributed by atoms with Crippen LogP contribution < -0.4 is 10.1 Å². The zero-order valence-electron chi connectivity index (χ0n) is 17.2. The zero-order valence-corrected chi connectivity index (χ0v) is 18.8. The molecule has 1 amide bonds. The second-order valence-corrected chi connectivity index (χ2v) is 11.1. The molecule has 1 N–H and O–H groups in total. The van der Waals surface area contributed by atoms with Crippen LogP contribution in [0.25, 0.3) is 0 Å². The van der Waals surface area contributed by atoms with Crippen molar-refractivity contribution in [3.8, 4) is 5.75 Å². The highest BCUT2D eigenvalue weighted by Gasteiger charge is 2.17. The van der Waals surface area contributed by atoms with Crippen molar-refractivity contribution in [1.29, 1.82) is 0 Å². The van der Waals surface area contributed by atoms with E-state index in [9.17, 15) is 21.6 Å². The number of nitrogens with zero attached hydrogens (tertiary/aromatic N) is 2. The third-order valence-electron chi connectivity index (χ3n) is 4.16. The third-order valence-corrected chi connectivity index (χ3v) is 7.82. The van der Waals surface area contributed by atoms with Gasteiger partial charge in [-0.15, -0.1) is 0 Å². The molecule has 164 valence electrons. The second-order valence-electron chi connectivity index (χ2n) is 6.76. The zero-order chi connectivity index (χ0) is 22.5. The van der Waals surface area contributed by atoms with Crippen LogP contribution in [-0.2, 0) is 31.4 Å². The Kier molecular flexibility index (Phi) is 7.59. The minimum atomic E-state index is -3.52. The Hall–Kier alpha value is -2.47. The molecule has 0 heterocycles. The highest BCUT2D eigenvalue weighted by molar-refractivity contribution is 7.89. The van der Waals surface area contributed by atoms with E-state index in [1.165, 1.54) is 64.6 Å². The van der Waals surface area contributed by atoms with Gasteiger partial charge in [-0.25, -0.2) is 25.4 Å². The number of carbonyl (C=O) groups is 1. The summed E-state index contributed by atoms with van der Waals surface area (Å²) in [5.41, 5.74) is 0.735. The highest BCUT2D eigenvalue weighted by Crippen LogP contribution is 2.18. The topological polar surface area (TPSA) is 113 Å². The van der Waals surface area contributed by atoms with Crippen molar-refractivity contribution >= 4 is 26.0 Å². The van der Waals surface area contributed by atoms with Gasteiger partial charge in [0.2, 0.25) is 20.0 Å². The molecule has 0 fully saturated rings. The maximum atomic E-state index is 12.0. The van der Waals surface area contributed by atoms with Crippen LogP contribution in [0.3, 0.4) is 0 Å². The maximum absolute atomic E-state index is 12.0. The minimum Gasteiger partial charge on any atom is -0.484 e. The fourth-order valence-corrected chi connectivity index (χ4v) is 4.11. The fraction of sp³-hybridized carbons (Fsp3) is 0.316. The molecule has 30 heavy (non-hydrogen) atoms. The Morgan fingerprint density at radius 1 is 0.800 bits per heavy atom. The number of benzene rings is 2. The SMILES string of the molecule is CN(C)S(=O)(=O)c1ccc(CNC(=O)COc2ccc(S(=O)(=O)N(C)C)cc2)cc1. The molecule has 0 spiro atoms. The van der Waals surface area contributed by atoms with Crippen LogP contribution in [0.2, 0.25) is 0 Å². The van der Waals surface area contributed by atoms with E-state index in [1.54, 1.807) is 12.1 Å². The molecule has 0 bridgehead atoms. The molecule has 0 saturated carbocycles. The molecule has 0 atom stereocenters. The number of hydrogen-bond donors (Lipinski definition) is 1. The Morgan fingerprint density at radius 2 is 1.23 bits per heavy atom. The van der Waals surface area contributed by atoms with Crippen LogP contribution in [-0.4, -0.2) is 66.2 Å². The average Bonchev–Trinajstić information content (AvgIpc) is 2.71. The monoisotopic (exact) mass is 455 g/mol. The Morgan fingerprint density at radius 3 is 1.67 bits per heavy atom. The number of carbonyl (C=O) groups excluding carboxylic acids is 1. The second kappa shape index (κ2) is 9.56. The number of sulfonamides is 2. The van der Waals surface area contributed by atoms with Gasteiger partial charge in [-0.2, -0.15) is 0 Å². The summed E-state index contributed by atoms with van der Waals surface area (Å²) in [6, 6.07) is 12.0. The number of rotatable bonds is 9. The van der Waals surface area contributed by atoms with Crippen molar-refractivity contribution in [2.75, 3.05) is 34.8 Å². The average molecular weight is 456 g/mol. The summed E-state index contributed by atoms with van der Waals surface area (Å²) in [7, 11) is -1.22. The summed E-state index contributed by atoms with van der Waals surface area (Å²) in [6.07, 6.45) is 0. The molecule has 2 aromatic carbocycles. The van der Waals surface area contributed by atoms with E-state index in [-0.39, 0.29) is 28.8 Å². The smallest absolute Gasteiger partial charge is 0.258 e. The van der Waals surface area contributed by atoms with E-state index in [0.717, 1.165) is 14.2 Å². The van der Waals surface area contributed by atoms with Gasteiger partial charge in [0.1, 0.15) is 5.75 Å². The first-order chi connectivity index (χ1) is 13.9. The van der Waals surface area contributed by atoms with E-state index < -0.39 is 20.0 Å². The predicted molar refractivity (Wildman–Crippen MR) is 112 cm³/mol. The lowest BCUT2D eigenvalue weighted by molar-refractivity contribution is -0.123. The van der Waals surface area contributed by atoms with E-state index in [2.05, 4.69) is 5.32 Å². The van der Waals surface area contributed by atoms with E-state index in [1.807, 2.05) is 0 Å². The van der Waals surface area contributed by atoms with Crippen molar-refractivity contribution in [3.05, 3.63) is 54.1 Å². The molecule has 2 rings (SSSR count). The van der Waals surface area contributed by atoms with Gasteiger partial charge in [0, 0.05) is 34.7 Å². The van der Waals surface area contributed by atoms with Gasteiger partial charge in [-0.3, -0.25) is 4.79 Å². The first kappa shape index (κ1) is 23.8. The van der Waals surface area contributed by atoms with Crippen molar-refractivity contribution in [3.63, 3.8) is 0 Å². The normalized spacial score (nSPS) is 12.2. The fourth-order valence-electron chi connectivity index (χ4n) is 2.31. The van der Waals surface area contributed by atoms with Crippen LogP contribution >= 0.6 is 0 Å². The predicted octanol–water partition coefficient (Wildman–Crippen LogP) is 0.882. The molecule has 9 nitrogen and oxygen atoms in total. The van der Waals surface area contributed by atoms with E-state index in [4.69, 9.17) is 4.74 Å². The number of nitrogens with one attached hydrogen (secondary N) is 1. The molecule has 0 aliphatic rings. The van der Waals surface area contributed by atoms with Gasteiger partial charge in [0.05, 0.1) is 9.79 Å². The summed E-state index contributed by atoms with van der Waals surface area (Å²) in [5.74, 6) is -0.00826. The van der Waals surface area contributed by atoms with Gasteiger partial charge >= 0.3 is 0 Å². The van der Waals surface area contributed by atoms with Gasteiger partial charge in [0.25, 0.3) is 5.91 Å². The Bertz CT molecular complexity index is 991. The van der Waals surface area contributed by atoms with Gasteiger partial charge in [-0.1, -0.05) is 12.1 Å². The minimum absolute atomic E-state index is 0.129. The summed E-state index contributed by atoms with van der Waals surface area (Å²) < 4.78 is 55.7. The Labute approximate surface area is 177 Å². The number of ether oxygens (including phenoxy) is 1. The van der Waals surface area contributed by atoms with Crippen LogP contribution in [0.5, 0.6) is 5.75 Å². The number of amides is 1. The third kappa shape index (κ3) is 5.79. The highest BCUT2D eigenvalue weighted by atomic mass is 32.2. The molecule has 0 aliphatic carbocycles. The summed E-state index contributed by atoms with van der Waals surface area (Å²) >= 11 is 0. The summed E-state index contributed by atoms with van der Waals surface area (Å²) in [5, 5.41) is 2.67. The van der Waals surface area contributed by atoms with Crippen molar-refractivity contribution < 1.29 is 26.4 Å². The largest absolute Gasteiger partial charge is 0.484 e. The first-order valence-electron chi connectivity index (χ1n) is 8.88. The van der Waals surface area contributed by atoms with Crippen LogP contribution in [0.1, 0.15) is 5.56 Å². The summed E-state index contributed by atoms with van der Waals surface area (Å²) in [4.78, 5) is 12.3. The summed E-state index contributed by atoms with van der Waals surface area (Å²) in [6.45, 7) is -0.0304. The van der Waals surface area contributed by atoms with Crippen LogP contribution in [0.15, 0.2) is 58.3 Å². The van der Waals surface area contributed by atoms with Gasteiger partial charge in [0.15, 0.2) is 6.61 Å². The Balaban J connectivity index is 1.87. The molecular formula is C19H25N3O6S2. The van der Waals surface area contributed by atoms with Gasteiger partial charge < -0.3 is 10.1 Å². The molecule has 11 heteroatoms. The lowest BCUT2D eigenvalue weighted by atomic mass is 10.2. The quantitative estimate of drug-likeness (QED) is 0.601. The molecular weight excluding hydrogens is 430 g/mol. The molecule has 2 aromatic rings. The maximum Gasteiger partial charge on any atom is 0.258 e. The molecule has 0 aromatic heterocycles.